The first-order chi connectivity index (χ1) is 15.2. The SMILES string of the molecule is O=C(NCC1CC1)c1cc(-c2ncc(F)c(N3CCC[C@@H]3C(=O)NCC(F)(F)F)n2)c[nH]1.[HH].[HH]. The van der Waals surface area contributed by atoms with Crippen molar-refractivity contribution in [1.82, 2.24) is 25.6 Å². The van der Waals surface area contributed by atoms with E-state index in [9.17, 15) is 27.2 Å². The Hall–Kier alpha value is -3.18. The lowest BCUT2D eigenvalue weighted by atomic mass is 10.2. The molecule has 0 aromatic carbocycles. The third-order valence-corrected chi connectivity index (χ3v) is 5.45. The van der Waals surface area contributed by atoms with Crippen LogP contribution < -0.4 is 15.5 Å². The van der Waals surface area contributed by atoms with E-state index in [1.165, 1.54) is 17.2 Å². The van der Waals surface area contributed by atoms with Crippen LogP contribution in [-0.4, -0.2) is 58.6 Å². The lowest BCUT2D eigenvalue weighted by molar-refractivity contribution is -0.139. The fourth-order valence-electron chi connectivity index (χ4n) is 3.61. The van der Waals surface area contributed by atoms with E-state index < -0.39 is 30.5 Å². The molecule has 2 aliphatic rings. The second-order valence-electron chi connectivity index (χ2n) is 8.00. The van der Waals surface area contributed by atoms with Gasteiger partial charge in [0.1, 0.15) is 18.3 Å². The zero-order valence-corrected chi connectivity index (χ0v) is 17.0. The van der Waals surface area contributed by atoms with Gasteiger partial charge in [-0.25, -0.2) is 14.4 Å². The van der Waals surface area contributed by atoms with E-state index in [4.69, 9.17) is 0 Å². The minimum absolute atomic E-state index is 0. The Labute approximate surface area is 183 Å². The molecule has 32 heavy (non-hydrogen) atoms. The van der Waals surface area contributed by atoms with E-state index in [-0.39, 0.29) is 33.4 Å². The monoisotopic (exact) mass is 458 g/mol. The molecule has 1 saturated heterocycles. The van der Waals surface area contributed by atoms with Crippen LogP contribution in [0.2, 0.25) is 0 Å². The highest BCUT2D eigenvalue weighted by Crippen LogP contribution is 2.29. The minimum Gasteiger partial charge on any atom is -0.356 e. The van der Waals surface area contributed by atoms with Crippen molar-refractivity contribution < 1.29 is 30.0 Å². The largest absolute Gasteiger partial charge is 0.405 e. The Morgan fingerprint density at radius 3 is 2.75 bits per heavy atom. The number of carbonyl (C=O) groups is 2. The molecule has 0 spiro atoms. The van der Waals surface area contributed by atoms with Gasteiger partial charge in [-0.15, -0.1) is 0 Å². The van der Waals surface area contributed by atoms with E-state index in [0.29, 0.717) is 30.1 Å². The Morgan fingerprint density at radius 1 is 1.25 bits per heavy atom. The van der Waals surface area contributed by atoms with Crippen molar-refractivity contribution in [2.45, 2.75) is 37.9 Å². The van der Waals surface area contributed by atoms with E-state index in [2.05, 4.69) is 20.3 Å². The van der Waals surface area contributed by atoms with Crippen molar-refractivity contribution in [3.63, 3.8) is 0 Å². The second-order valence-corrected chi connectivity index (χ2v) is 8.00. The average Bonchev–Trinajstić information content (AvgIpc) is 3.23. The molecule has 0 unspecified atom stereocenters. The highest BCUT2D eigenvalue weighted by molar-refractivity contribution is 5.93. The van der Waals surface area contributed by atoms with Gasteiger partial charge in [-0.3, -0.25) is 9.59 Å². The molecular weight excluding hydrogens is 432 g/mol. The predicted octanol–water partition coefficient (Wildman–Crippen LogP) is 2.89. The first-order valence-electron chi connectivity index (χ1n) is 10.3. The van der Waals surface area contributed by atoms with E-state index in [0.717, 1.165) is 19.0 Å². The Bertz CT molecular complexity index is 1020. The van der Waals surface area contributed by atoms with Gasteiger partial charge in [0.25, 0.3) is 5.91 Å². The maximum absolute atomic E-state index is 14.5. The van der Waals surface area contributed by atoms with Crippen molar-refractivity contribution in [2.75, 3.05) is 24.5 Å². The molecule has 2 fully saturated rings. The first kappa shape index (κ1) is 22.0. The highest BCUT2D eigenvalue weighted by atomic mass is 19.4. The van der Waals surface area contributed by atoms with E-state index in [1.54, 1.807) is 0 Å². The summed E-state index contributed by atoms with van der Waals surface area (Å²) in [5.41, 5.74) is 0.751. The van der Waals surface area contributed by atoms with Gasteiger partial charge in [0, 0.05) is 27.7 Å². The fraction of sp³-hybridized carbons (Fsp3) is 0.500. The molecule has 176 valence electrons. The van der Waals surface area contributed by atoms with Crippen molar-refractivity contribution in [3.05, 3.63) is 30.0 Å². The minimum atomic E-state index is -4.54. The van der Waals surface area contributed by atoms with Crippen LogP contribution in [0.4, 0.5) is 23.4 Å². The molecule has 1 aliphatic carbocycles. The Balaban J connectivity index is 0.00000204. The second kappa shape index (κ2) is 8.75. The van der Waals surface area contributed by atoms with Crippen LogP contribution >= 0.6 is 0 Å². The Kier molecular flexibility index (Phi) is 6.02. The molecule has 1 saturated carbocycles. The maximum Gasteiger partial charge on any atom is 0.405 e. The summed E-state index contributed by atoms with van der Waals surface area (Å²) in [6, 6.07) is 0.570. The number of aromatic amines is 1. The quantitative estimate of drug-likeness (QED) is 0.554. The van der Waals surface area contributed by atoms with E-state index >= 15 is 0 Å². The summed E-state index contributed by atoms with van der Waals surface area (Å²) in [5.74, 6) is -1.41. The van der Waals surface area contributed by atoms with E-state index in [1.807, 2.05) is 5.32 Å². The molecule has 1 aliphatic heterocycles. The van der Waals surface area contributed by atoms with Gasteiger partial charge in [0.05, 0.1) is 6.20 Å². The molecule has 1 atom stereocenters. The molecule has 3 N–H and O–H groups in total. The lowest BCUT2D eigenvalue weighted by Gasteiger charge is -2.25. The number of H-pyrrole nitrogens is 1. The number of aromatic nitrogens is 3. The topological polar surface area (TPSA) is 103 Å². The smallest absolute Gasteiger partial charge is 0.356 e. The van der Waals surface area contributed by atoms with Gasteiger partial charge in [-0.2, -0.15) is 13.2 Å². The number of carbonyl (C=O) groups excluding carboxylic acids is 2. The standard InChI is InChI=1S/C20H22F4N6O2.2H2/c21-13-9-26-16(12-6-14(25-8-12)18(31)27-7-11-3-4-11)29-17(13)30-5-1-2-15(30)19(32)28-10-20(22,23)24;;/h6,8-9,11,15,25H,1-5,7,10H2,(H,27,31)(H,28,32);2*1H/t15-;;/m1../s1. The average molecular weight is 458 g/mol. The summed E-state index contributed by atoms with van der Waals surface area (Å²) < 4.78 is 51.8. The van der Waals surface area contributed by atoms with Crippen molar-refractivity contribution >= 4 is 17.6 Å². The molecule has 2 amide bonds. The zero-order valence-electron chi connectivity index (χ0n) is 17.0. The van der Waals surface area contributed by atoms with Crippen LogP contribution in [0.5, 0.6) is 0 Å². The number of alkyl halides is 3. The molecule has 4 rings (SSSR count). The van der Waals surface area contributed by atoms with Crippen molar-refractivity contribution in [3.8, 4) is 11.4 Å². The maximum atomic E-state index is 14.5. The van der Waals surface area contributed by atoms with Crippen LogP contribution in [0, 0.1) is 11.7 Å². The van der Waals surface area contributed by atoms with Gasteiger partial charge in [0.2, 0.25) is 5.91 Å². The fourth-order valence-corrected chi connectivity index (χ4v) is 3.61. The number of amides is 2. The summed E-state index contributed by atoms with van der Waals surface area (Å²) in [5, 5.41) is 4.68. The summed E-state index contributed by atoms with van der Waals surface area (Å²) in [7, 11) is 0. The molecule has 0 bridgehead atoms. The highest BCUT2D eigenvalue weighted by Gasteiger charge is 2.36. The molecule has 3 heterocycles. The first-order valence-corrected chi connectivity index (χ1v) is 10.3. The van der Waals surface area contributed by atoms with Crippen LogP contribution in [0.3, 0.4) is 0 Å². The van der Waals surface area contributed by atoms with Gasteiger partial charge in [-0.1, -0.05) is 0 Å². The Morgan fingerprint density at radius 2 is 2.03 bits per heavy atom. The number of rotatable bonds is 7. The molecular formula is C20H26F4N6O2. The molecule has 2 aromatic rings. The van der Waals surface area contributed by atoms with Gasteiger partial charge in [-0.05, 0) is 37.7 Å². The predicted molar refractivity (Wildman–Crippen MR) is 110 cm³/mol. The number of halogens is 4. The normalized spacial score (nSPS) is 18.6. The van der Waals surface area contributed by atoms with Gasteiger partial charge in [0.15, 0.2) is 17.5 Å². The summed E-state index contributed by atoms with van der Waals surface area (Å²) in [4.78, 5) is 36.9. The van der Waals surface area contributed by atoms with Crippen LogP contribution in [0.25, 0.3) is 11.4 Å². The number of hydrogen-bond acceptors (Lipinski definition) is 5. The number of anilines is 1. The van der Waals surface area contributed by atoms with Crippen LogP contribution in [-0.2, 0) is 4.79 Å². The summed E-state index contributed by atoms with van der Waals surface area (Å²) in [6.45, 7) is -0.584. The van der Waals surface area contributed by atoms with Gasteiger partial charge >= 0.3 is 6.18 Å². The zero-order chi connectivity index (χ0) is 22.9. The van der Waals surface area contributed by atoms with Crippen molar-refractivity contribution in [1.29, 1.82) is 0 Å². The molecule has 0 radical (unpaired) electrons. The molecule has 12 heteroatoms. The third-order valence-electron chi connectivity index (χ3n) is 5.45. The molecule has 2 aromatic heterocycles. The van der Waals surface area contributed by atoms with Crippen LogP contribution in [0.15, 0.2) is 18.5 Å². The summed E-state index contributed by atoms with van der Waals surface area (Å²) in [6.07, 6.45) is 0.906. The third kappa shape index (κ3) is 5.17. The van der Waals surface area contributed by atoms with Gasteiger partial charge < -0.3 is 20.5 Å². The van der Waals surface area contributed by atoms with Crippen LogP contribution in [0.1, 0.15) is 39.0 Å². The number of hydrogen-bond donors (Lipinski definition) is 3. The lowest BCUT2D eigenvalue weighted by Crippen LogP contribution is -2.46. The molecule has 8 nitrogen and oxygen atoms in total. The summed E-state index contributed by atoms with van der Waals surface area (Å²) >= 11 is 0. The van der Waals surface area contributed by atoms with Crippen molar-refractivity contribution in [2.24, 2.45) is 5.92 Å². The number of nitrogens with one attached hydrogen (secondary N) is 3. The number of nitrogens with zero attached hydrogens (tertiary/aromatic N) is 3.